The Morgan fingerprint density at radius 2 is 1.88 bits per heavy atom. The van der Waals surface area contributed by atoms with E-state index in [1.807, 2.05) is 23.9 Å². The van der Waals surface area contributed by atoms with Gasteiger partial charge in [0, 0.05) is 34.0 Å². The van der Waals surface area contributed by atoms with Crippen LogP contribution in [0, 0.1) is 3.57 Å². The molecule has 0 aliphatic rings. The number of aryl methyl sites for hydroxylation is 1. The lowest BCUT2D eigenvalue weighted by Crippen LogP contribution is -1.89. The summed E-state index contributed by atoms with van der Waals surface area (Å²) in [6.07, 6.45) is 3.59. The molecule has 0 bridgehead atoms. The van der Waals surface area contributed by atoms with Crippen molar-refractivity contribution in [1.82, 2.24) is 14.8 Å². The zero-order chi connectivity index (χ0) is 11.8. The summed E-state index contributed by atoms with van der Waals surface area (Å²) >= 11 is 2.32. The molecule has 0 saturated heterocycles. The highest BCUT2D eigenvalue weighted by Crippen LogP contribution is 2.28. The summed E-state index contributed by atoms with van der Waals surface area (Å²) in [5.74, 6) is 0. The number of hydrogen-bond donors (Lipinski definition) is 0. The number of halogens is 1. The predicted molar refractivity (Wildman–Crippen MR) is 76.7 cm³/mol. The Hall–Kier alpha value is -1.43. The highest BCUT2D eigenvalue weighted by molar-refractivity contribution is 14.1. The number of rotatable bonds is 1. The van der Waals surface area contributed by atoms with Gasteiger partial charge < -0.3 is 0 Å². The Kier molecular flexibility index (Phi) is 2.58. The fourth-order valence-corrected chi connectivity index (χ4v) is 2.45. The molecule has 0 aliphatic carbocycles. The summed E-state index contributed by atoms with van der Waals surface area (Å²) in [4.78, 5) is 4.04. The summed E-state index contributed by atoms with van der Waals surface area (Å²) in [5, 5.41) is 5.77. The van der Waals surface area contributed by atoms with Gasteiger partial charge in [-0.05, 0) is 52.9 Å². The van der Waals surface area contributed by atoms with E-state index in [-0.39, 0.29) is 0 Å². The van der Waals surface area contributed by atoms with Gasteiger partial charge in [-0.2, -0.15) is 5.10 Å². The van der Waals surface area contributed by atoms with E-state index in [4.69, 9.17) is 0 Å². The van der Waals surface area contributed by atoms with E-state index in [0.717, 1.165) is 16.8 Å². The molecule has 3 aromatic rings. The van der Waals surface area contributed by atoms with Crippen molar-refractivity contribution in [3.8, 4) is 11.3 Å². The molecule has 0 unspecified atom stereocenters. The van der Waals surface area contributed by atoms with Crippen molar-refractivity contribution in [2.75, 3.05) is 0 Å². The lowest BCUT2D eigenvalue weighted by Gasteiger charge is -1.97. The maximum Gasteiger partial charge on any atom is 0.100 e. The lowest BCUT2D eigenvalue weighted by atomic mass is 10.1. The molecule has 2 heterocycles. The minimum absolute atomic E-state index is 1.02. The minimum atomic E-state index is 1.02. The number of hydrogen-bond acceptors (Lipinski definition) is 2. The molecular weight excluding hydrogens is 325 g/mol. The number of fused-ring (bicyclic) bond motifs is 1. The van der Waals surface area contributed by atoms with Gasteiger partial charge in [-0.25, -0.2) is 0 Å². The fourth-order valence-electron chi connectivity index (χ4n) is 1.96. The number of pyridine rings is 1. The summed E-state index contributed by atoms with van der Waals surface area (Å²) in [6, 6.07) is 10.3. The van der Waals surface area contributed by atoms with Crippen LogP contribution in [-0.4, -0.2) is 14.8 Å². The van der Waals surface area contributed by atoms with E-state index < -0.39 is 0 Å². The third-order valence-corrected chi connectivity index (χ3v) is 3.44. The molecule has 0 atom stereocenters. The van der Waals surface area contributed by atoms with Gasteiger partial charge in [-0.15, -0.1) is 0 Å². The van der Waals surface area contributed by atoms with Crippen LogP contribution in [0.5, 0.6) is 0 Å². The van der Waals surface area contributed by atoms with E-state index >= 15 is 0 Å². The van der Waals surface area contributed by atoms with Crippen molar-refractivity contribution in [2.24, 2.45) is 7.05 Å². The molecule has 0 aliphatic heterocycles. The first-order chi connectivity index (χ1) is 8.25. The average Bonchev–Trinajstić information content (AvgIpc) is 2.67. The zero-order valence-electron chi connectivity index (χ0n) is 9.26. The quantitative estimate of drug-likeness (QED) is 0.639. The number of aromatic nitrogens is 3. The van der Waals surface area contributed by atoms with Crippen molar-refractivity contribution in [3.63, 3.8) is 0 Å². The van der Waals surface area contributed by atoms with Gasteiger partial charge in [0.15, 0.2) is 0 Å². The first-order valence-electron chi connectivity index (χ1n) is 5.28. The van der Waals surface area contributed by atoms with Gasteiger partial charge in [0.05, 0.1) is 5.52 Å². The summed E-state index contributed by atoms with van der Waals surface area (Å²) in [5.41, 5.74) is 3.27. The Bertz CT molecular complexity index is 674. The van der Waals surface area contributed by atoms with Gasteiger partial charge in [-0.3, -0.25) is 9.67 Å². The van der Waals surface area contributed by atoms with Crippen molar-refractivity contribution >= 4 is 33.5 Å². The summed E-state index contributed by atoms with van der Waals surface area (Å²) in [6.45, 7) is 0. The van der Waals surface area contributed by atoms with Crippen LogP contribution >= 0.6 is 22.6 Å². The van der Waals surface area contributed by atoms with Gasteiger partial charge in [0.1, 0.15) is 5.69 Å². The molecule has 0 radical (unpaired) electrons. The first kappa shape index (κ1) is 10.7. The molecule has 3 nitrogen and oxygen atoms in total. The van der Waals surface area contributed by atoms with Crippen LogP contribution in [-0.2, 0) is 7.05 Å². The standard InChI is InChI=1S/C13H10IN3/c1-17-12-3-2-10(14)8-11(12)13(16-17)9-4-6-15-7-5-9/h2-8H,1H3. The van der Waals surface area contributed by atoms with Gasteiger partial charge >= 0.3 is 0 Å². The molecule has 0 fully saturated rings. The van der Waals surface area contributed by atoms with E-state index in [1.165, 1.54) is 8.96 Å². The largest absolute Gasteiger partial charge is 0.267 e. The predicted octanol–water partition coefficient (Wildman–Crippen LogP) is 3.24. The third-order valence-electron chi connectivity index (χ3n) is 2.77. The van der Waals surface area contributed by atoms with Gasteiger partial charge in [-0.1, -0.05) is 0 Å². The van der Waals surface area contributed by atoms with E-state index in [9.17, 15) is 0 Å². The van der Waals surface area contributed by atoms with E-state index in [2.05, 4.69) is 50.9 Å². The Labute approximate surface area is 113 Å². The van der Waals surface area contributed by atoms with Crippen molar-refractivity contribution in [2.45, 2.75) is 0 Å². The summed E-state index contributed by atoms with van der Waals surface area (Å²) in [7, 11) is 1.97. The molecule has 0 saturated carbocycles. The number of benzene rings is 1. The Balaban J connectivity index is 2.34. The lowest BCUT2D eigenvalue weighted by molar-refractivity contribution is 0.800. The van der Waals surface area contributed by atoms with Crippen LogP contribution in [0.15, 0.2) is 42.7 Å². The van der Waals surface area contributed by atoms with E-state index in [1.54, 1.807) is 12.4 Å². The molecule has 84 valence electrons. The van der Waals surface area contributed by atoms with Crippen LogP contribution in [0.2, 0.25) is 0 Å². The van der Waals surface area contributed by atoms with Crippen LogP contribution in [0.1, 0.15) is 0 Å². The molecule has 2 aromatic heterocycles. The first-order valence-corrected chi connectivity index (χ1v) is 6.36. The fraction of sp³-hybridized carbons (Fsp3) is 0.0769. The second-order valence-electron chi connectivity index (χ2n) is 3.87. The van der Waals surface area contributed by atoms with Crippen molar-refractivity contribution in [1.29, 1.82) is 0 Å². The highest BCUT2D eigenvalue weighted by Gasteiger charge is 2.10. The topological polar surface area (TPSA) is 30.7 Å². The maximum absolute atomic E-state index is 4.59. The molecule has 0 N–H and O–H groups in total. The molecule has 17 heavy (non-hydrogen) atoms. The average molecular weight is 335 g/mol. The van der Waals surface area contributed by atoms with Gasteiger partial charge in [0.25, 0.3) is 0 Å². The zero-order valence-corrected chi connectivity index (χ0v) is 11.4. The SMILES string of the molecule is Cn1nc(-c2ccncc2)c2cc(I)ccc21. The molecule has 4 heteroatoms. The molecule has 3 rings (SSSR count). The van der Waals surface area contributed by atoms with Crippen molar-refractivity contribution in [3.05, 3.63) is 46.3 Å². The third kappa shape index (κ3) is 1.82. The Morgan fingerprint density at radius 1 is 1.12 bits per heavy atom. The van der Waals surface area contributed by atoms with E-state index in [0.29, 0.717) is 0 Å². The minimum Gasteiger partial charge on any atom is -0.267 e. The molecule has 0 spiro atoms. The second-order valence-corrected chi connectivity index (χ2v) is 5.12. The molecule has 0 amide bonds. The smallest absolute Gasteiger partial charge is 0.100 e. The maximum atomic E-state index is 4.59. The normalized spacial score (nSPS) is 10.9. The van der Waals surface area contributed by atoms with Crippen LogP contribution in [0.4, 0.5) is 0 Å². The highest BCUT2D eigenvalue weighted by atomic mass is 127. The summed E-state index contributed by atoms with van der Waals surface area (Å²) < 4.78 is 3.14. The Morgan fingerprint density at radius 3 is 2.65 bits per heavy atom. The number of nitrogens with zero attached hydrogens (tertiary/aromatic N) is 3. The molecular formula is C13H10IN3. The van der Waals surface area contributed by atoms with Crippen LogP contribution in [0.3, 0.4) is 0 Å². The van der Waals surface area contributed by atoms with Crippen LogP contribution in [0.25, 0.3) is 22.2 Å². The van der Waals surface area contributed by atoms with Gasteiger partial charge in [0.2, 0.25) is 0 Å². The second kappa shape index (κ2) is 4.10. The monoisotopic (exact) mass is 335 g/mol. The van der Waals surface area contributed by atoms with Crippen molar-refractivity contribution < 1.29 is 0 Å². The van der Waals surface area contributed by atoms with Crippen LogP contribution < -0.4 is 0 Å². The molecule has 1 aromatic carbocycles.